The van der Waals surface area contributed by atoms with Crippen molar-refractivity contribution in [1.29, 1.82) is 0 Å². The maximum Gasteiger partial charge on any atom is 0.324 e. The van der Waals surface area contributed by atoms with E-state index >= 15 is 0 Å². The van der Waals surface area contributed by atoms with Crippen molar-refractivity contribution in [3.63, 3.8) is 0 Å². The van der Waals surface area contributed by atoms with E-state index in [1.54, 1.807) is 13.3 Å². The number of hydrogen-bond acceptors (Lipinski definition) is 10. The quantitative estimate of drug-likeness (QED) is 0.259. The van der Waals surface area contributed by atoms with Crippen molar-refractivity contribution in [3.8, 4) is 22.5 Å². The first kappa shape index (κ1) is 35.8. The molecule has 1 saturated carbocycles. The molecule has 6 heterocycles. The minimum absolute atomic E-state index is 0.123. The lowest BCUT2D eigenvalue weighted by atomic mass is 9.84. The molecule has 53 heavy (non-hydrogen) atoms. The van der Waals surface area contributed by atoms with Crippen molar-refractivity contribution in [1.82, 2.24) is 30.3 Å². The van der Waals surface area contributed by atoms with Gasteiger partial charge in [-0.05, 0) is 74.8 Å². The molecule has 2 amide bonds. The van der Waals surface area contributed by atoms with Crippen molar-refractivity contribution in [3.05, 3.63) is 58.2 Å². The van der Waals surface area contributed by atoms with Gasteiger partial charge in [0.15, 0.2) is 0 Å². The summed E-state index contributed by atoms with van der Waals surface area (Å²) in [5.41, 5.74) is 9.66. The van der Waals surface area contributed by atoms with Gasteiger partial charge in [-0.3, -0.25) is 24.4 Å². The molecular weight excluding hydrogens is 693 g/mol. The molecule has 3 aromatic heterocycles. The van der Waals surface area contributed by atoms with Gasteiger partial charge in [-0.25, -0.2) is 10.4 Å². The van der Waals surface area contributed by atoms with Crippen LogP contribution in [0.1, 0.15) is 62.9 Å². The van der Waals surface area contributed by atoms with Crippen LogP contribution in [-0.2, 0) is 48.0 Å². The number of carbonyl (C=O) groups is 3. The number of nitrogens with zero attached hydrogens (tertiary/aromatic N) is 4. The molecule has 1 aromatic carbocycles. The lowest BCUT2D eigenvalue weighted by molar-refractivity contribution is -0.155. The van der Waals surface area contributed by atoms with Crippen molar-refractivity contribution in [2.45, 2.75) is 78.1 Å². The van der Waals surface area contributed by atoms with E-state index in [0.717, 1.165) is 56.2 Å². The number of carbonyl (C=O) groups excluding carboxylic acids is 3. The molecule has 13 heteroatoms. The number of hydrogen-bond donors (Lipinski definition) is 2. The number of cyclic esters (lactones) is 1. The molecule has 6 atom stereocenters. The van der Waals surface area contributed by atoms with Crippen LogP contribution in [0.15, 0.2) is 41.9 Å². The molecule has 4 aliphatic rings. The zero-order valence-electron chi connectivity index (χ0n) is 31.0. The van der Waals surface area contributed by atoms with Gasteiger partial charge in [-0.2, -0.15) is 0 Å². The molecule has 0 radical (unpaired) electrons. The third-order valence-electron chi connectivity index (χ3n) is 11.4. The second-order valence-electron chi connectivity index (χ2n) is 15.7. The fraction of sp³-hybridized carbons (Fsp3) is 0.525. The van der Waals surface area contributed by atoms with Crippen LogP contribution in [0.25, 0.3) is 33.4 Å². The first-order valence-electron chi connectivity index (χ1n) is 18.8. The Balaban J connectivity index is 1.22. The number of benzene rings is 1. The minimum atomic E-state index is -0.845. The maximum absolute atomic E-state index is 14.1. The molecule has 2 saturated heterocycles. The Hall–Kier alpha value is -4.17. The van der Waals surface area contributed by atoms with Gasteiger partial charge in [0.1, 0.15) is 12.1 Å². The summed E-state index contributed by atoms with van der Waals surface area (Å²) in [6.07, 6.45) is 3.61. The Morgan fingerprint density at radius 3 is 2.79 bits per heavy atom. The number of nitrogens with one attached hydrogen (secondary N) is 2. The van der Waals surface area contributed by atoms with E-state index in [1.807, 2.05) is 18.4 Å². The number of ether oxygens (including phenoxy) is 3. The number of hydrazine groups is 1. The Bertz CT molecular complexity index is 2050. The smallest absolute Gasteiger partial charge is 0.324 e. The van der Waals surface area contributed by atoms with E-state index < -0.39 is 23.5 Å². The van der Waals surface area contributed by atoms with Crippen molar-refractivity contribution in [2.75, 3.05) is 33.5 Å². The fourth-order valence-electron chi connectivity index (χ4n) is 8.46. The Labute approximate surface area is 313 Å². The van der Waals surface area contributed by atoms with Crippen LogP contribution < -0.4 is 10.7 Å². The summed E-state index contributed by atoms with van der Waals surface area (Å²) in [6, 6.07) is 9.02. The van der Waals surface area contributed by atoms with Crippen LogP contribution in [0, 0.1) is 23.2 Å². The Morgan fingerprint density at radius 2 is 2.02 bits per heavy atom. The number of pyridine rings is 1. The molecule has 3 aliphatic heterocycles. The molecule has 0 spiro atoms. The highest BCUT2D eigenvalue weighted by Gasteiger charge is 2.58. The summed E-state index contributed by atoms with van der Waals surface area (Å²) in [7, 11) is 1.70. The molecule has 8 rings (SSSR count). The average Bonchev–Trinajstić information content (AvgIpc) is 3.50. The van der Waals surface area contributed by atoms with Crippen LogP contribution in [0.2, 0.25) is 0 Å². The number of aromatic nitrogens is 3. The van der Waals surface area contributed by atoms with E-state index in [1.165, 1.54) is 16.3 Å². The molecule has 0 unspecified atom stereocenters. The minimum Gasteiger partial charge on any atom is -0.464 e. The van der Waals surface area contributed by atoms with Crippen molar-refractivity contribution in [2.24, 2.45) is 23.2 Å². The predicted octanol–water partition coefficient (Wildman–Crippen LogP) is 5.09. The maximum atomic E-state index is 14.1. The average molecular weight is 741 g/mol. The number of methoxy groups -OCH3 is 1. The van der Waals surface area contributed by atoms with Gasteiger partial charge in [0.25, 0.3) is 5.91 Å². The normalized spacial score (nSPS) is 26.1. The highest BCUT2D eigenvalue weighted by Crippen LogP contribution is 2.51. The first-order chi connectivity index (χ1) is 25.6. The van der Waals surface area contributed by atoms with Gasteiger partial charge in [0, 0.05) is 71.6 Å². The zero-order valence-corrected chi connectivity index (χ0v) is 31.8. The summed E-state index contributed by atoms with van der Waals surface area (Å²) >= 11 is 1.48. The lowest BCUT2D eigenvalue weighted by Crippen LogP contribution is -2.60. The zero-order chi connectivity index (χ0) is 37.0. The summed E-state index contributed by atoms with van der Waals surface area (Å²) in [4.78, 5) is 51.1. The number of rotatable bonds is 6. The largest absolute Gasteiger partial charge is 0.464 e. The van der Waals surface area contributed by atoms with Gasteiger partial charge in [-0.15, -0.1) is 11.3 Å². The van der Waals surface area contributed by atoms with E-state index in [4.69, 9.17) is 24.2 Å². The molecule has 280 valence electrons. The highest BCUT2D eigenvalue weighted by atomic mass is 32.1. The van der Waals surface area contributed by atoms with E-state index in [-0.39, 0.29) is 48.7 Å². The van der Waals surface area contributed by atoms with Crippen LogP contribution in [0.4, 0.5) is 0 Å². The van der Waals surface area contributed by atoms with Gasteiger partial charge in [0.2, 0.25) is 5.91 Å². The van der Waals surface area contributed by atoms with Crippen molar-refractivity contribution < 1.29 is 28.6 Å². The third kappa shape index (κ3) is 6.77. The summed E-state index contributed by atoms with van der Waals surface area (Å²) in [5, 5.41) is 8.44. The van der Waals surface area contributed by atoms with Gasteiger partial charge >= 0.3 is 5.97 Å². The molecule has 6 bridgehead atoms. The number of fused-ring (bicyclic) bond motifs is 7. The number of esters is 1. The molecule has 12 nitrogen and oxygen atoms in total. The Kier molecular flexibility index (Phi) is 9.63. The summed E-state index contributed by atoms with van der Waals surface area (Å²) in [6.45, 7) is 10.9. The number of amides is 2. The number of thiazole rings is 1. The van der Waals surface area contributed by atoms with Crippen LogP contribution in [-0.4, -0.2) is 82.9 Å². The predicted molar refractivity (Wildman–Crippen MR) is 201 cm³/mol. The van der Waals surface area contributed by atoms with Gasteiger partial charge < -0.3 is 24.1 Å². The second kappa shape index (κ2) is 14.2. The molecule has 2 N–H and O–H groups in total. The molecular formula is C40H48N6O6S. The fourth-order valence-corrected chi connectivity index (χ4v) is 9.31. The SMILES string of the molecule is CCn1c(-c2cccnc2[C@H](C)OC)c2c3cc(ccc31)-c1csc(n1)C[C@H](NC(=O)[C@H]1[C@@H]3COC[C@@H]31)C(=O)N1CCC[C@H](N1)C(=O)OCC(C)(C)C2. The lowest BCUT2D eigenvalue weighted by Gasteiger charge is -2.35. The topological polar surface area (TPSA) is 137 Å². The van der Waals surface area contributed by atoms with Gasteiger partial charge in [-0.1, -0.05) is 19.9 Å². The van der Waals surface area contributed by atoms with Crippen LogP contribution >= 0.6 is 11.3 Å². The number of aryl methyl sites for hydroxylation is 1. The van der Waals surface area contributed by atoms with Gasteiger partial charge in [0.05, 0.1) is 48.0 Å². The standard InChI is InChI=1S/C40H48N6O6S/c1-6-45-32-12-11-23-15-25(32)26(36(45)24-9-7-13-41-35(24)22(2)50-5)17-40(3,4)21-52-39(49)29-10-8-14-46(44-29)38(48)30(16-33-42-31(23)20-53-33)43-37(47)34-27-18-51-19-28(27)34/h7,9,11-13,15,20,22,27-30,34,44H,6,8,10,14,16-19,21H2,1-5H3,(H,43,47)/t22-,27-,28+,29-,30-,34+/m0/s1. The molecule has 1 aliphatic carbocycles. The third-order valence-corrected chi connectivity index (χ3v) is 12.3. The summed E-state index contributed by atoms with van der Waals surface area (Å²) in [5.74, 6) is -0.519. The Morgan fingerprint density at radius 1 is 1.21 bits per heavy atom. The van der Waals surface area contributed by atoms with E-state index in [0.29, 0.717) is 39.0 Å². The second-order valence-corrected chi connectivity index (χ2v) is 16.6. The monoisotopic (exact) mass is 740 g/mol. The van der Waals surface area contributed by atoms with E-state index in [2.05, 4.69) is 60.3 Å². The van der Waals surface area contributed by atoms with Crippen LogP contribution in [0.3, 0.4) is 0 Å². The van der Waals surface area contributed by atoms with Crippen LogP contribution in [0.5, 0.6) is 0 Å². The molecule has 4 aromatic rings. The highest BCUT2D eigenvalue weighted by molar-refractivity contribution is 7.10. The summed E-state index contributed by atoms with van der Waals surface area (Å²) < 4.78 is 19.7. The van der Waals surface area contributed by atoms with E-state index in [9.17, 15) is 14.4 Å². The molecule has 3 fully saturated rings. The van der Waals surface area contributed by atoms with Crippen molar-refractivity contribution >= 4 is 40.0 Å². The first-order valence-corrected chi connectivity index (χ1v) is 19.6.